The normalized spacial score (nSPS) is 12.3. The fourth-order valence-corrected chi connectivity index (χ4v) is 13.9. The van der Waals surface area contributed by atoms with Crippen LogP contribution >= 0.6 is 0 Å². The van der Waals surface area contributed by atoms with Crippen LogP contribution in [-0.2, 0) is 0 Å². The molecule has 0 N–H and O–H groups in total. The Balaban J connectivity index is 1.28. The van der Waals surface area contributed by atoms with Gasteiger partial charge in [0.05, 0.1) is 0 Å². The Morgan fingerprint density at radius 1 is 0.186 bits per heavy atom. The largest absolute Gasteiger partial charge is 0.0557 e. The van der Waals surface area contributed by atoms with Gasteiger partial charge in [-0.15, -0.1) is 0 Å². The summed E-state index contributed by atoms with van der Waals surface area (Å²) in [5.41, 5.74) is 32.4. The van der Waals surface area contributed by atoms with Crippen LogP contribution in [-0.4, -0.2) is 0 Å². The van der Waals surface area contributed by atoms with Crippen LogP contribution < -0.4 is 0 Å². The minimum Gasteiger partial charge on any atom is -0.0557 e. The first-order chi connectivity index (χ1) is 33.3. The third-order valence-electron chi connectivity index (χ3n) is 18.0. The summed E-state index contributed by atoms with van der Waals surface area (Å²) in [5.74, 6) is 0. The van der Waals surface area contributed by atoms with Crippen molar-refractivity contribution in [3.05, 3.63) is 186 Å². The molecule has 0 fully saturated rings. The third-order valence-corrected chi connectivity index (χ3v) is 18.0. The number of rotatable bonds is 4. The second-order valence-electron chi connectivity index (χ2n) is 21.9. The lowest BCUT2D eigenvalue weighted by molar-refractivity contribution is 1.18. The van der Waals surface area contributed by atoms with Gasteiger partial charge in [-0.2, -0.15) is 0 Å². The van der Waals surface area contributed by atoms with E-state index in [4.69, 9.17) is 0 Å². The van der Waals surface area contributed by atoms with Crippen molar-refractivity contribution >= 4 is 75.4 Å². The minimum absolute atomic E-state index is 1.29. The van der Waals surface area contributed by atoms with Gasteiger partial charge in [-0.1, -0.05) is 59.7 Å². The molecule has 70 heavy (non-hydrogen) atoms. The Bertz CT molecular complexity index is 3930. The highest BCUT2D eigenvalue weighted by Crippen LogP contribution is 2.52. The van der Waals surface area contributed by atoms with Gasteiger partial charge in [0.1, 0.15) is 0 Å². The number of aryl methyl sites for hydroxylation is 6. The summed E-state index contributed by atoms with van der Waals surface area (Å²) < 4.78 is 0. The van der Waals surface area contributed by atoms with Crippen molar-refractivity contribution in [3.63, 3.8) is 0 Å². The first-order valence-electron chi connectivity index (χ1n) is 25.5. The smallest absolute Gasteiger partial charge is 0.00195 e. The van der Waals surface area contributed by atoms with Crippen LogP contribution in [0.2, 0.25) is 0 Å². The van der Waals surface area contributed by atoms with Crippen molar-refractivity contribution in [2.24, 2.45) is 0 Å². The SMILES string of the molecule is Cc1cc(C)c(-c2ccc3c(c2)c2cc(-c4c(C)c(C)c(C)c(C)c4C)cc4c5cc6c7ccc(-c8c(C)cc(C)cc8C)cc7c7cc(-c8c(C)c(C)c(C)c(C)c8C)cc(c5cc3c24)c76)c(C)c1. The monoisotopic (exact) mass is 905 g/mol. The Hall–Kier alpha value is -7.02. The topological polar surface area (TPSA) is 0 Å². The van der Waals surface area contributed by atoms with Crippen molar-refractivity contribution in [2.45, 2.75) is 111 Å². The van der Waals surface area contributed by atoms with Crippen molar-refractivity contribution < 1.29 is 0 Å². The molecular weight excluding hydrogens is 841 g/mol. The van der Waals surface area contributed by atoms with E-state index in [0.717, 1.165) is 0 Å². The molecule has 0 amide bonds. The van der Waals surface area contributed by atoms with Gasteiger partial charge in [0, 0.05) is 0 Å². The molecule has 0 aliphatic rings. The molecule has 12 aromatic carbocycles. The zero-order valence-electron chi connectivity index (χ0n) is 44.2. The van der Waals surface area contributed by atoms with Gasteiger partial charge in [-0.3, -0.25) is 0 Å². The van der Waals surface area contributed by atoms with Gasteiger partial charge >= 0.3 is 0 Å². The second-order valence-corrected chi connectivity index (χ2v) is 21.9. The highest BCUT2D eigenvalue weighted by Gasteiger charge is 2.25. The van der Waals surface area contributed by atoms with Crippen LogP contribution in [0.5, 0.6) is 0 Å². The van der Waals surface area contributed by atoms with Crippen LogP contribution in [0.1, 0.15) is 89.0 Å². The Kier molecular flexibility index (Phi) is 9.62. The summed E-state index contributed by atoms with van der Waals surface area (Å²) in [6, 6.07) is 39.4. The molecular formula is C70H64. The van der Waals surface area contributed by atoms with E-state index in [1.54, 1.807) is 0 Å². The van der Waals surface area contributed by atoms with Gasteiger partial charge in [-0.25, -0.2) is 0 Å². The first kappa shape index (κ1) is 44.2. The predicted octanol–water partition coefficient (Wildman–Crippen LogP) is 20.2. The number of fused-ring (bicyclic) bond motifs is 9. The number of hydrogen-bond donors (Lipinski definition) is 0. The Morgan fingerprint density at radius 2 is 0.429 bits per heavy atom. The molecule has 0 heterocycles. The Morgan fingerprint density at radius 3 is 0.729 bits per heavy atom. The molecule has 0 spiro atoms. The lowest BCUT2D eigenvalue weighted by Gasteiger charge is -2.21. The molecule has 12 rings (SSSR count). The molecule has 0 aliphatic carbocycles. The van der Waals surface area contributed by atoms with E-state index in [2.05, 4.69) is 208 Å². The molecule has 0 saturated carbocycles. The highest BCUT2D eigenvalue weighted by atomic mass is 14.3. The van der Waals surface area contributed by atoms with Crippen molar-refractivity contribution in [1.82, 2.24) is 0 Å². The quantitative estimate of drug-likeness (QED) is 0.154. The van der Waals surface area contributed by atoms with E-state index >= 15 is 0 Å². The molecule has 0 atom stereocenters. The van der Waals surface area contributed by atoms with E-state index in [-0.39, 0.29) is 0 Å². The molecule has 0 saturated heterocycles. The molecule has 0 heteroatoms. The van der Waals surface area contributed by atoms with Gasteiger partial charge < -0.3 is 0 Å². The lowest BCUT2D eigenvalue weighted by Crippen LogP contribution is -2.00. The fourth-order valence-electron chi connectivity index (χ4n) is 13.9. The van der Waals surface area contributed by atoms with Crippen LogP contribution in [0.4, 0.5) is 0 Å². The maximum absolute atomic E-state index is 2.58. The second kappa shape index (κ2) is 15.2. The minimum atomic E-state index is 1.29. The molecule has 0 radical (unpaired) electrons. The third kappa shape index (κ3) is 6.01. The molecule has 12 aromatic rings. The summed E-state index contributed by atoms with van der Waals surface area (Å²) in [5, 5.41) is 18.8. The van der Waals surface area contributed by atoms with E-state index in [1.807, 2.05) is 0 Å². The summed E-state index contributed by atoms with van der Waals surface area (Å²) in [6.45, 7) is 36.8. The summed E-state index contributed by atoms with van der Waals surface area (Å²) in [6.07, 6.45) is 0. The van der Waals surface area contributed by atoms with E-state index < -0.39 is 0 Å². The lowest BCUT2D eigenvalue weighted by atomic mass is 9.83. The molecule has 0 unspecified atom stereocenters. The summed E-state index contributed by atoms with van der Waals surface area (Å²) >= 11 is 0. The van der Waals surface area contributed by atoms with Crippen molar-refractivity contribution in [1.29, 1.82) is 0 Å². The maximum atomic E-state index is 2.58. The van der Waals surface area contributed by atoms with Crippen LogP contribution in [0.3, 0.4) is 0 Å². The van der Waals surface area contributed by atoms with Crippen LogP contribution in [0.25, 0.3) is 120 Å². The van der Waals surface area contributed by atoms with Crippen LogP contribution in [0.15, 0.2) is 97.1 Å². The molecule has 0 aliphatic heterocycles. The average molecular weight is 905 g/mol. The van der Waals surface area contributed by atoms with Crippen molar-refractivity contribution in [3.8, 4) is 44.5 Å². The zero-order chi connectivity index (χ0) is 49.3. The maximum Gasteiger partial charge on any atom is -0.00195 e. The molecule has 0 bridgehead atoms. The fraction of sp³-hybridized carbons (Fsp3) is 0.229. The van der Waals surface area contributed by atoms with Crippen LogP contribution in [0, 0.1) is 111 Å². The standard InChI is InChI=1S/C70H64/c1-33-21-35(3)65(36(4)22-33)49-17-19-53-55(25-49)59-27-51(67-45(13)41(9)39(7)42(10)46(67)14)29-61-58-32-64-54-20-18-50(66-37(5)23-34(2)24-38(66)6)26-56(54)60-28-52(68-47(15)43(11)40(8)44(12)48(68)16)30-62(70(60)64)57(58)31-63(53)69(59)61/h17-32H,1-16H3. The molecule has 344 valence electrons. The highest BCUT2D eigenvalue weighted by molar-refractivity contribution is 6.42. The van der Waals surface area contributed by atoms with Gasteiger partial charge in [0.25, 0.3) is 0 Å². The van der Waals surface area contributed by atoms with E-state index in [9.17, 15) is 0 Å². The Labute approximate surface area is 414 Å². The summed E-state index contributed by atoms with van der Waals surface area (Å²) in [7, 11) is 0. The van der Waals surface area contributed by atoms with Gasteiger partial charge in [0.2, 0.25) is 0 Å². The van der Waals surface area contributed by atoms with Gasteiger partial charge in [0.15, 0.2) is 0 Å². The predicted molar refractivity (Wildman–Crippen MR) is 309 cm³/mol. The number of hydrogen-bond acceptors (Lipinski definition) is 0. The molecule has 0 aromatic heterocycles. The average Bonchev–Trinajstić information content (AvgIpc) is 3.80. The molecule has 0 nitrogen and oxygen atoms in total. The van der Waals surface area contributed by atoms with Crippen molar-refractivity contribution in [2.75, 3.05) is 0 Å². The van der Waals surface area contributed by atoms with E-state index in [1.165, 1.54) is 209 Å². The summed E-state index contributed by atoms with van der Waals surface area (Å²) in [4.78, 5) is 0. The zero-order valence-corrected chi connectivity index (χ0v) is 44.2. The van der Waals surface area contributed by atoms with E-state index in [0.29, 0.717) is 0 Å². The van der Waals surface area contributed by atoms with Gasteiger partial charge in [-0.05, 0) is 357 Å². The number of benzene rings is 10. The first-order valence-corrected chi connectivity index (χ1v) is 25.5.